The summed E-state index contributed by atoms with van der Waals surface area (Å²) in [5.41, 5.74) is 0.599. The molecule has 0 aliphatic rings. The summed E-state index contributed by atoms with van der Waals surface area (Å²) >= 11 is 0. The van der Waals surface area contributed by atoms with Crippen molar-refractivity contribution in [3.8, 4) is 23.0 Å². The van der Waals surface area contributed by atoms with Gasteiger partial charge >= 0.3 is 5.97 Å². The molecule has 2 aromatic carbocycles. The number of rotatable bonds is 4. The summed E-state index contributed by atoms with van der Waals surface area (Å²) in [6, 6.07) is 11.0. The standard InChI is InChI=1S/C9H10O4.C6H7NO2/c1-13-8-4-6(5-9(11)12)2-3-7(8)10;7-9-6-4-2-1-3-5(6)8/h2-4,10H,5H2,1H3,(H,11,12);1-4,8H,7H2. The average Bonchev–Trinajstić information content (AvgIpc) is 2.50. The number of carbonyl (C=O) groups is 1. The summed E-state index contributed by atoms with van der Waals surface area (Å²) < 4.78 is 4.82. The smallest absolute Gasteiger partial charge is 0.307 e. The Morgan fingerprint density at radius 2 is 1.73 bits per heavy atom. The maximum absolute atomic E-state index is 10.3. The van der Waals surface area contributed by atoms with Crippen molar-refractivity contribution < 1.29 is 29.7 Å². The van der Waals surface area contributed by atoms with Gasteiger partial charge < -0.3 is 24.9 Å². The van der Waals surface area contributed by atoms with Gasteiger partial charge in [0.05, 0.1) is 13.5 Å². The molecule has 0 amide bonds. The number of phenolic OH excluding ortho intramolecular Hbond substituents is 2. The lowest BCUT2D eigenvalue weighted by atomic mass is 10.1. The zero-order valence-corrected chi connectivity index (χ0v) is 11.9. The number of aromatic hydroxyl groups is 2. The Bertz CT molecular complexity index is 629. The van der Waals surface area contributed by atoms with Crippen LogP contribution in [0.25, 0.3) is 0 Å². The van der Waals surface area contributed by atoms with E-state index < -0.39 is 5.97 Å². The fraction of sp³-hybridized carbons (Fsp3) is 0.133. The molecule has 0 saturated carbocycles. The quantitative estimate of drug-likeness (QED) is 0.634. The third kappa shape index (κ3) is 5.22. The molecule has 0 unspecified atom stereocenters. The Hall–Kier alpha value is -2.93. The molecular weight excluding hydrogens is 290 g/mol. The zero-order valence-electron chi connectivity index (χ0n) is 11.9. The number of hydrogen-bond acceptors (Lipinski definition) is 6. The third-order valence-electron chi connectivity index (χ3n) is 2.59. The van der Waals surface area contributed by atoms with Gasteiger partial charge in [-0.1, -0.05) is 18.2 Å². The molecule has 7 nitrogen and oxygen atoms in total. The first kappa shape index (κ1) is 17.1. The molecule has 0 atom stereocenters. The number of benzene rings is 2. The molecule has 0 aliphatic carbocycles. The molecule has 22 heavy (non-hydrogen) atoms. The zero-order chi connectivity index (χ0) is 16.5. The van der Waals surface area contributed by atoms with Gasteiger partial charge in [0.2, 0.25) is 0 Å². The summed E-state index contributed by atoms with van der Waals surface area (Å²) in [5, 5.41) is 26.6. The van der Waals surface area contributed by atoms with Crippen molar-refractivity contribution in [2.75, 3.05) is 7.11 Å². The summed E-state index contributed by atoms with van der Waals surface area (Å²) in [4.78, 5) is 14.6. The number of hydrogen-bond donors (Lipinski definition) is 4. The van der Waals surface area contributed by atoms with Gasteiger partial charge in [-0.2, -0.15) is 5.90 Å². The van der Waals surface area contributed by atoms with Crippen molar-refractivity contribution in [1.82, 2.24) is 0 Å². The monoisotopic (exact) mass is 307 g/mol. The second-order valence-electron chi connectivity index (χ2n) is 4.16. The van der Waals surface area contributed by atoms with Crippen molar-refractivity contribution >= 4 is 5.97 Å². The highest BCUT2D eigenvalue weighted by Crippen LogP contribution is 2.26. The van der Waals surface area contributed by atoms with E-state index in [0.717, 1.165) is 0 Å². The first-order valence-electron chi connectivity index (χ1n) is 6.20. The lowest BCUT2D eigenvalue weighted by Crippen LogP contribution is -2.01. The van der Waals surface area contributed by atoms with Gasteiger partial charge in [0, 0.05) is 0 Å². The SMILES string of the molecule is COc1cc(CC(=O)O)ccc1O.NOc1ccccc1O. The van der Waals surface area contributed by atoms with Gasteiger partial charge in [0.1, 0.15) is 0 Å². The number of carboxylic acid groups (broad SMARTS) is 1. The van der Waals surface area contributed by atoms with Crippen LogP contribution in [0.15, 0.2) is 42.5 Å². The summed E-state index contributed by atoms with van der Waals surface area (Å²) in [5.74, 6) is 4.53. The number of phenols is 2. The highest BCUT2D eigenvalue weighted by molar-refractivity contribution is 5.70. The Morgan fingerprint density at radius 3 is 2.23 bits per heavy atom. The Kier molecular flexibility index (Phi) is 6.52. The highest BCUT2D eigenvalue weighted by atomic mass is 16.6. The number of aliphatic carboxylic acids is 1. The van der Waals surface area contributed by atoms with Crippen LogP contribution in [-0.2, 0) is 11.2 Å². The lowest BCUT2D eigenvalue weighted by Gasteiger charge is -2.04. The average molecular weight is 307 g/mol. The highest BCUT2D eigenvalue weighted by Gasteiger charge is 2.05. The molecular formula is C15H17NO6. The van der Waals surface area contributed by atoms with Crippen molar-refractivity contribution in [3.63, 3.8) is 0 Å². The molecule has 2 aromatic rings. The molecule has 0 aromatic heterocycles. The van der Waals surface area contributed by atoms with Crippen LogP contribution < -0.4 is 15.5 Å². The van der Waals surface area contributed by atoms with E-state index in [9.17, 15) is 9.90 Å². The van der Waals surface area contributed by atoms with Gasteiger partial charge in [-0.25, -0.2) is 0 Å². The van der Waals surface area contributed by atoms with E-state index in [0.29, 0.717) is 11.3 Å². The van der Waals surface area contributed by atoms with E-state index in [-0.39, 0.29) is 23.7 Å². The summed E-state index contributed by atoms with van der Waals surface area (Å²) in [6.45, 7) is 0. The molecule has 7 heteroatoms. The minimum atomic E-state index is -0.909. The minimum absolute atomic E-state index is 0.0108. The van der Waals surface area contributed by atoms with E-state index in [2.05, 4.69) is 4.84 Å². The van der Waals surface area contributed by atoms with Crippen molar-refractivity contribution in [1.29, 1.82) is 0 Å². The van der Waals surface area contributed by atoms with Crippen LogP contribution in [0.2, 0.25) is 0 Å². The first-order chi connectivity index (χ1) is 10.5. The van der Waals surface area contributed by atoms with Gasteiger partial charge in [-0.05, 0) is 29.8 Å². The Balaban J connectivity index is 0.000000235. The van der Waals surface area contributed by atoms with Crippen LogP contribution >= 0.6 is 0 Å². The van der Waals surface area contributed by atoms with Gasteiger partial charge in [0.15, 0.2) is 23.0 Å². The van der Waals surface area contributed by atoms with Crippen LogP contribution in [0, 0.1) is 0 Å². The van der Waals surface area contributed by atoms with E-state index >= 15 is 0 Å². The van der Waals surface area contributed by atoms with Crippen LogP contribution in [-0.4, -0.2) is 28.4 Å². The molecule has 118 valence electrons. The molecule has 0 fully saturated rings. The van der Waals surface area contributed by atoms with E-state index in [1.807, 2.05) is 0 Å². The summed E-state index contributed by atoms with van der Waals surface area (Å²) in [6.07, 6.45) is -0.0728. The molecule has 0 saturated heterocycles. The van der Waals surface area contributed by atoms with E-state index in [1.54, 1.807) is 24.3 Å². The Morgan fingerprint density at radius 1 is 1.09 bits per heavy atom. The second-order valence-corrected chi connectivity index (χ2v) is 4.16. The lowest BCUT2D eigenvalue weighted by molar-refractivity contribution is -0.136. The molecule has 0 heterocycles. The van der Waals surface area contributed by atoms with Crippen LogP contribution in [0.1, 0.15) is 5.56 Å². The van der Waals surface area contributed by atoms with Crippen LogP contribution in [0.5, 0.6) is 23.0 Å². The molecule has 0 spiro atoms. The van der Waals surface area contributed by atoms with E-state index in [1.165, 1.54) is 25.3 Å². The Labute approximate surface area is 127 Å². The minimum Gasteiger partial charge on any atom is -0.504 e. The van der Waals surface area contributed by atoms with Crippen molar-refractivity contribution in [3.05, 3.63) is 48.0 Å². The van der Waals surface area contributed by atoms with Crippen molar-refractivity contribution in [2.24, 2.45) is 5.90 Å². The normalized spacial score (nSPS) is 9.36. The first-order valence-corrected chi connectivity index (χ1v) is 6.20. The number of ether oxygens (including phenoxy) is 1. The predicted molar refractivity (Wildman–Crippen MR) is 78.9 cm³/mol. The molecule has 2 rings (SSSR count). The molecule has 0 bridgehead atoms. The summed E-state index contributed by atoms with van der Waals surface area (Å²) in [7, 11) is 1.42. The van der Waals surface area contributed by atoms with Gasteiger partial charge in [-0.3, -0.25) is 4.79 Å². The maximum Gasteiger partial charge on any atom is 0.307 e. The van der Waals surface area contributed by atoms with Crippen LogP contribution in [0.4, 0.5) is 0 Å². The maximum atomic E-state index is 10.3. The molecule has 0 aliphatic heterocycles. The number of para-hydroxylation sites is 2. The fourth-order valence-corrected chi connectivity index (χ4v) is 1.56. The predicted octanol–water partition coefficient (Wildman–Crippen LogP) is 1.67. The second kappa shape index (κ2) is 8.38. The van der Waals surface area contributed by atoms with Gasteiger partial charge in [-0.15, -0.1) is 0 Å². The topological polar surface area (TPSA) is 122 Å². The number of nitrogens with two attached hydrogens (primary N) is 1. The number of methoxy groups -OCH3 is 1. The fourth-order valence-electron chi connectivity index (χ4n) is 1.56. The largest absolute Gasteiger partial charge is 0.504 e. The van der Waals surface area contributed by atoms with E-state index in [4.69, 9.17) is 20.8 Å². The van der Waals surface area contributed by atoms with Crippen molar-refractivity contribution in [2.45, 2.75) is 6.42 Å². The molecule has 5 N–H and O–H groups in total. The van der Waals surface area contributed by atoms with Gasteiger partial charge in [0.25, 0.3) is 0 Å². The number of carboxylic acids is 1. The molecule has 0 radical (unpaired) electrons. The van der Waals surface area contributed by atoms with Crippen LogP contribution in [0.3, 0.4) is 0 Å². The third-order valence-corrected chi connectivity index (χ3v) is 2.59.